The maximum absolute atomic E-state index is 12.2. The van der Waals surface area contributed by atoms with Crippen LogP contribution in [-0.2, 0) is 4.79 Å². The summed E-state index contributed by atoms with van der Waals surface area (Å²) in [4.78, 5) is 34.6. The first-order chi connectivity index (χ1) is 16.9. The Balaban J connectivity index is 1.60. The Morgan fingerprint density at radius 1 is 1.06 bits per heavy atom. The minimum atomic E-state index is -0.596. The summed E-state index contributed by atoms with van der Waals surface area (Å²) >= 11 is 5.84. The number of benzene rings is 3. The first kappa shape index (κ1) is 25.2. The van der Waals surface area contributed by atoms with E-state index >= 15 is 0 Å². The van der Waals surface area contributed by atoms with Gasteiger partial charge >= 0.3 is 0 Å². The lowest BCUT2D eigenvalue weighted by atomic mass is 10.2. The van der Waals surface area contributed by atoms with Crippen molar-refractivity contribution in [1.29, 1.82) is 0 Å². The van der Waals surface area contributed by atoms with E-state index in [1.165, 1.54) is 24.4 Å². The topological polar surface area (TPSA) is 132 Å². The van der Waals surface area contributed by atoms with Gasteiger partial charge in [0, 0.05) is 28.4 Å². The minimum Gasteiger partial charge on any atom is -0.490 e. The second kappa shape index (κ2) is 12.1. The van der Waals surface area contributed by atoms with Crippen molar-refractivity contribution < 1.29 is 24.0 Å². The third-order valence-corrected chi connectivity index (χ3v) is 4.71. The lowest BCUT2D eigenvalue weighted by molar-refractivity contribution is -0.384. The predicted octanol–water partition coefficient (Wildman–Crippen LogP) is 4.43. The van der Waals surface area contributed by atoms with E-state index in [4.69, 9.17) is 21.1 Å². The molecule has 3 aromatic rings. The zero-order valence-corrected chi connectivity index (χ0v) is 19.3. The monoisotopic (exact) mass is 496 g/mol. The van der Waals surface area contributed by atoms with Crippen LogP contribution < -0.4 is 20.2 Å². The van der Waals surface area contributed by atoms with E-state index < -0.39 is 10.8 Å². The molecule has 0 fully saturated rings. The highest BCUT2D eigenvalue weighted by molar-refractivity contribution is 6.30. The Labute approximate surface area is 205 Å². The second-order valence-corrected chi connectivity index (χ2v) is 7.43. The lowest BCUT2D eigenvalue weighted by Crippen LogP contribution is -2.20. The molecular weight excluding hydrogens is 476 g/mol. The molecule has 0 saturated carbocycles. The van der Waals surface area contributed by atoms with Crippen LogP contribution in [0.15, 0.2) is 71.8 Å². The SMILES string of the molecule is CCOc1cc(/C=N/NC(=O)c2cccc([N+](=O)[O-])c2)ccc1OCC(=O)Nc1ccc(Cl)cc1. The van der Waals surface area contributed by atoms with E-state index in [9.17, 15) is 19.7 Å². The van der Waals surface area contributed by atoms with E-state index in [0.29, 0.717) is 34.4 Å². The number of anilines is 1. The van der Waals surface area contributed by atoms with Crippen LogP contribution in [0.3, 0.4) is 0 Å². The summed E-state index contributed by atoms with van der Waals surface area (Å²) in [7, 11) is 0. The molecule has 11 heteroatoms. The minimum absolute atomic E-state index is 0.104. The molecule has 0 bridgehead atoms. The Kier molecular flexibility index (Phi) is 8.74. The van der Waals surface area contributed by atoms with Gasteiger partial charge in [-0.3, -0.25) is 19.7 Å². The molecule has 0 aliphatic carbocycles. The van der Waals surface area contributed by atoms with Crippen LogP contribution in [0.25, 0.3) is 0 Å². The van der Waals surface area contributed by atoms with Crippen molar-refractivity contribution in [2.75, 3.05) is 18.5 Å². The number of hydrogen-bond donors (Lipinski definition) is 2. The normalized spacial score (nSPS) is 10.6. The number of non-ortho nitro benzene ring substituents is 1. The molecule has 3 aromatic carbocycles. The number of carbonyl (C=O) groups is 2. The van der Waals surface area contributed by atoms with Crippen molar-refractivity contribution in [3.63, 3.8) is 0 Å². The van der Waals surface area contributed by atoms with Gasteiger partial charge in [0.05, 0.1) is 17.7 Å². The zero-order valence-electron chi connectivity index (χ0n) is 18.6. The van der Waals surface area contributed by atoms with Crippen molar-refractivity contribution in [3.8, 4) is 11.5 Å². The molecule has 2 amide bonds. The smallest absolute Gasteiger partial charge is 0.271 e. The molecule has 0 spiro atoms. The highest BCUT2D eigenvalue weighted by Gasteiger charge is 2.12. The summed E-state index contributed by atoms with van der Waals surface area (Å²) in [5.41, 5.74) is 3.41. The van der Waals surface area contributed by atoms with Gasteiger partial charge in [-0.25, -0.2) is 5.43 Å². The second-order valence-electron chi connectivity index (χ2n) is 6.99. The molecule has 3 rings (SSSR count). The van der Waals surface area contributed by atoms with E-state index in [1.54, 1.807) is 49.4 Å². The van der Waals surface area contributed by atoms with E-state index in [1.807, 2.05) is 0 Å². The Morgan fingerprint density at radius 2 is 1.83 bits per heavy atom. The molecule has 180 valence electrons. The third kappa shape index (κ3) is 7.54. The van der Waals surface area contributed by atoms with Gasteiger partial charge in [-0.1, -0.05) is 17.7 Å². The largest absolute Gasteiger partial charge is 0.490 e. The fraction of sp³-hybridized carbons (Fsp3) is 0.125. The van der Waals surface area contributed by atoms with E-state index in [2.05, 4.69) is 15.8 Å². The standard InChI is InChI=1S/C24H21ClN4O6/c1-2-34-22-12-16(14-26-28-24(31)17-4-3-5-20(13-17)29(32)33)6-11-21(22)35-15-23(30)27-19-9-7-18(25)8-10-19/h3-14H,2,15H2,1H3,(H,27,30)(H,28,31)/b26-14+. The molecular formula is C24H21ClN4O6. The summed E-state index contributed by atoms with van der Waals surface area (Å²) in [6, 6.07) is 16.9. The first-order valence-corrected chi connectivity index (χ1v) is 10.8. The van der Waals surface area contributed by atoms with Crippen LogP contribution in [0.4, 0.5) is 11.4 Å². The maximum atomic E-state index is 12.2. The molecule has 0 radical (unpaired) electrons. The maximum Gasteiger partial charge on any atom is 0.271 e. The van der Waals surface area contributed by atoms with Crippen molar-refractivity contribution in [3.05, 3.63) is 93.0 Å². The van der Waals surface area contributed by atoms with Crippen LogP contribution in [0, 0.1) is 10.1 Å². The number of hydrogen-bond acceptors (Lipinski definition) is 7. The van der Waals surface area contributed by atoms with Crippen molar-refractivity contribution in [1.82, 2.24) is 5.43 Å². The van der Waals surface area contributed by atoms with Gasteiger partial charge in [0.25, 0.3) is 17.5 Å². The molecule has 0 aromatic heterocycles. The zero-order chi connectivity index (χ0) is 25.2. The summed E-state index contributed by atoms with van der Waals surface area (Å²) < 4.78 is 11.2. The molecule has 0 aliphatic rings. The molecule has 0 atom stereocenters. The van der Waals surface area contributed by atoms with Crippen molar-refractivity contribution >= 4 is 41.0 Å². The molecule has 10 nitrogen and oxygen atoms in total. The third-order valence-electron chi connectivity index (χ3n) is 4.45. The average Bonchev–Trinajstić information content (AvgIpc) is 2.85. The number of ether oxygens (including phenoxy) is 2. The number of nitrogens with one attached hydrogen (secondary N) is 2. The fourth-order valence-corrected chi connectivity index (χ4v) is 2.98. The lowest BCUT2D eigenvalue weighted by Gasteiger charge is -2.12. The Morgan fingerprint density at radius 3 is 2.54 bits per heavy atom. The number of hydrazone groups is 1. The number of nitro groups is 1. The van der Waals surface area contributed by atoms with Crippen LogP contribution in [-0.4, -0.2) is 36.2 Å². The molecule has 0 unspecified atom stereocenters. The summed E-state index contributed by atoms with van der Waals surface area (Å²) in [6.07, 6.45) is 1.38. The van der Waals surface area contributed by atoms with E-state index in [-0.39, 0.29) is 23.8 Å². The first-order valence-electron chi connectivity index (χ1n) is 10.4. The Bertz CT molecular complexity index is 1250. The van der Waals surface area contributed by atoms with Crippen molar-refractivity contribution in [2.45, 2.75) is 6.92 Å². The van der Waals surface area contributed by atoms with Crippen LogP contribution in [0.5, 0.6) is 11.5 Å². The number of amides is 2. The summed E-state index contributed by atoms with van der Waals surface area (Å²) in [5.74, 6) is -0.206. The van der Waals surface area contributed by atoms with Gasteiger partial charge in [0.2, 0.25) is 0 Å². The number of nitrogens with zero attached hydrogens (tertiary/aromatic N) is 2. The fourth-order valence-electron chi connectivity index (χ4n) is 2.86. The van der Waals surface area contributed by atoms with Gasteiger partial charge in [0.15, 0.2) is 18.1 Å². The van der Waals surface area contributed by atoms with E-state index in [0.717, 1.165) is 6.07 Å². The highest BCUT2D eigenvalue weighted by Crippen LogP contribution is 2.28. The van der Waals surface area contributed by atoms with Gasteiger partial charge < -0.3 is 14.8 Å². The van der Waals surface area contributed by atoms with Crippen molar-refractivity contribution in [2.24, 2.45) is 5.10 Å². The summed E-state index contributed by atoms with van der Waals surface area (Å²) in [6.45, 7) is 1.92. The molecule has 35 heavy (non-hydrogen) atoms. The Hall–Kier alpha value is -4.44. The average molecular weight is 497 g/mol. The number of nitro benzene ring substituents is 1. The number of halogens is 1. The molecule has 0 saturated heterocycles. The summed E-state index contributed by atoms with van der Waals surface area (Å²) in [5, 5.41) is 18.0. The quantitative estimate of drug-likeness (QED) is 0.242. The van der Waals surface area contributed by atoms with Gasteiger partial charge in [-0.15, -0.1) is 0 Å². The van der Waals surface area contributed by atoms with Crippen LogP contribution in [0.2, 0.25) is 5.02 Å². The number of carbonyl (C=O) groups excluding carboxylic acids is 2. The number of rotatable bonds is 10. The van der Waals surface area contributed by atoms with Gasteiger partial charge in [0.1, 0.15) is 0 Å². The van der Waals surface area contributed by atoms with Crippen LogP contribution in [0.1, 0.15) is 22.8 Å². The molecule has 0 heterocycles. The molecule has 2 N–H and O–H groups in total. The van der Waals surface area contributed by atoms with Gasteiger partial charge in [-0.2, -0.15) is 5.10 Å². The predicted molar refractivity (Wildman–Crippen MR) is 131 cm³/mol. The highest BCUT2D eigenvalue weighted by atomic mass is 35.5. The van der Waals surface area contributed by atoms with Crippen LogP contribution >= 0.6 is 11.6 Å². The van der Waals surface area contributed by atoms with Gasteiger partial charge in [-0.05, 0) is 61.0 Å². The molecule has 0 aliphatic heterocycles.